The average molecular weight is 302 g/mol. The quantitative estimate of drug-likeness (QED) is 0.721. The fraction of sp³-hybridized carbons (Fsp3) is 0.0667. The van der Waals surface area contributed by atoms with Crippen LogP contribution in [-0.4, -0.2) is 21.0 Å². The molecule has 3 rings (SSSR count). The Morgan fingerprint density at radius 3 is 2.86 bits per heavy atom. The summed E-state index contributed by atoms with van der Waals surface area (Å²) in [6.45, 7) is 0. The molecule has 0 saturated heterocycles. The molecular formula is C15H11FN2O2S. The van der Waals surface area contributed by atoms with Crippen molar-refractivity contribution in [3.8, 4) is 0 Å². The number of halogens is 1. The minimum atomic E-state index is -1.06. The number of carbonyl (C=O) groups is 1. The van der Waals surface area contributed by atoms with Gasteiger partial charge in [-0.05, 0) is 35.9 Å². The number of aromatic amines is 1. The molecule has 3 aromatic rings. The number of rotatable bonds is 4. The van der Waals surface area contributed by atoms with E-state index in [9.17, 15) is 9.18 Å². The van der Waals surface area contributed by atoms with Gasteiger partial charge in [0.05, 0.1) is 16.6 Å². The Balaban J connectivity index is 1.80. The van der Waals surface area contributed by atoms with Crippen LogP contribution in [0.5, 0.6) is 0 Å². The lowest BCUT2D eigenvalue weighted by Crippen LogP contribution is -1.99. The van der Waals surface area contributed by atoms with Gasteiger partial charge in [0.1, 0.15) is 5.82 Å². The molecule has 0 radical (unpaired) electrons. The number of carboxylic acids is 1. The molecule has 6 heteroatoms. The molecule has 0 amide bonds. The molecule has 0 spiro atoms. The van der Waals surface area contributed by atoms with Crippen LogP contribution in [0.2, 0.25) is 0 Å². The third-order valence-corrected chi connectivity index (χ3v) is 3.95. The number of nitrogens with one attached hydrogen (secondary N) is 1. The zero-order valence-corrected chi connectivity index (χ0v) is 11.7. The molecule has 0 atom stereocenters. The Labute approximate surface area is 124 Å². The summed E-state index contributed by atoms with van der Waals surface area (Å²) in [4.78, 5) is 18.4. The lowest BCUT2D eigenvalue weighted by atomic mass is 10.1. The van der Waals surface area contributed by atoms with Crippen molar-refractivity contribution in [1.82, 2.24) is 9.97 Å². The van der Waals surface area contributed by atoms with Crippen LogP contribution in [0, 0.1) is 5.82 Å². The number of aromatic carboxylic acids is 1. The Kier molecular flexibility index (Phi) is 3.62. The highest BCUT2D eigenvalue weighted by molar-refractivity contribution is 7.98. The normalized spacial score (nSPS) is 10.9. The van der Waals surface area contributed by atoms with Crippen LogP contribution in [0.25, 0.3) is 11.0 Å². The van der Waals surface area contributed by atoms with Crippen molar-refractivity contribution in [3.05, 3.63) is 59.4 Å². The van der Waals surface area contributed by atoms with E-state index in [1.165, 1.54) is 30.0 Å². The van der Waals surface area contributed by atoms with E-state index in [4.69, 9.17) is 5.11 Å². The SMILES string of the molecule is O=C(O)c1ccc(F)c(CSc2nc3ccccc3[nH]2)c1. The molecule has 21 heavy (non-hydrogen) atoms. The van der Waals surface area contributed by atoms with E-state index in [0.29, 0.717) is 16.5 Å². The summed E-state index contributed by atoms with van der Waals surface area (Å²) >= 11 is 1.33. The number of aromatic nitrogens is 2. The fourth-order valence-electron chi connectivity index (χ4n) is 1.96. The molecule has 0 bridgehead atoms. The second-order valence-electron chi connectivity index (χ2n) is 4.46. The summed E-state index contributed by atoms with van der Waals surface area (Å²) in [5, 5.41) is 9.61. The highest BCUT2D eigenvalue weighted by Gasteiger charge is 2.10. The molecule has 2 aromatic carbocycles. The van der Waals surface area contributed by atoms with Gasteiger partial charge >= 0.3 is 5.97 Å². The third-order valence-electron chi connectivity index (χ3n) is 3.02. The lowest BCUT2D eigenvalue weighted by Gasteiger charge is -2.03. The first-order valence-corrected chi connectivity index (χ1v) is 7.21. The predicted octanol–water partition coefficient (Wildman–Crippen LogP) is 3.69. The first-order valence-electron chi connectivity index (χ1n) is 6.23. The molecule has 0 aliphatic carbocycles. The van der Waals surface area contributed by atoms with Crippen molar-refractivity contribution in [3.63, 3.8) is 0 Å². The summed E-state index contributed by atoms with van der Waals surface area (Å²) in [5.74, 6) is -1.17. The number of carboxylic acid groups (broad SMARTS) is 1. The maximum absolute atomic E-state index is 13.7. The molecule has 2 N–H and O–H groups in total. The van der Waals surface area contributed by atoms with Gasteiger partial charge in [0.15, 0.2) is 5.16 Å². The highest BCUT2D eigenvalue weighted by atomic mass is 32.2. The van der Waals surface area contributed by atoms with Gasteiger partial charge in [0, 0.05) is 5.75 Å². The Morgan fingerprint density at radius 2 is 2.10 bits per heavy atom. The van der Waals surface area contributed by atoms with Crippen LogP contribution in [0.3, 0.4) is 0 Å². The second kappa shape index (κ2) is 5.57. The van der Waals surface area contributed by atoms with E-state index in [-0.39, 0.29) is 5.56 Å². The summed E-state index contributed by atoms with van der Waals surface area (Å²) in [7, 11) is 0. The average Bonchev–Trinajstić information content (AvgIpc) is 2.89. The zero-order valence-electron chi connectivity index (χ0n) is 10.8. The molecule has 0 aliphatic rings. The number of hydrogen-bond acceptors (Lipinski definition) is 3. The van der Waals surface area contributed by atoms with E-state index >= 15 is 0 Å². The number of hydrogen-bond donors (Lipinski definition) is 2. The van der Waals surface area contributed by atoms with Crippen molar-refractivity contribution in [2.45, 2.75) is 10.9 Å². The monoisotopic (exact) mass is 302 g/mol. The molecule has 0 fully saturated rings. The van der Waals surface area contributed by atoms with Crippen LogP contribution < -0.4 is 0 Å². The predicted molar refractivity (Wildman–Crippen MR) is 79.0 cm³/mol. The van der Waals surface area contributed by atoms with Gasteiger partial charge in [-0.15, -0.1) is 0 Å². The minimum absolute atomic E-state index is 0.0802. The Hall–Kier alpha value is -2.34. The summed E-state index contributed by atoms with van der Waals surface area (Å²) in [5.41, 5.74) is 2.19. The maximum Gasteiger partial charge on any atom is 0.335 e. The molecule has 4 nitrogen and oxygen atoms in total. The molecule has 0 saturated carbocycles. The van der Waals surface area contributed by atoms with Crippen LogP contribution in [0.4, 0.5) is 4.39 Å². The van der Waals surface area contributed by atoms with Crippen molar-refractivity contribution >= 4 is 28.8 Å². The standard InChI is InChI=1S/C15H11FN2O2S/c16-11-6-5-9(14(19)20)7-10(11)8-21-15-17-12-3-1-2-4-13(12)18-15/h1-7H,8H2,(H,17,18)(H,19,20). The summed E-state index contributed by atoms with van der Waals surface area (Å²) < 4.78 is 13.7. The van der Waals surface area contributed by atoms with E-state index in [2.05, 4.69) is 9.97 Å². The van der Waals surface area contributed by atoms with Gasteiger partial charge < -0.3 is 10.1 Å². The first kappa shape index (κ1) is 13.6. The van der Waals surface area contributed by atoms with E-state index in [0.717, 1.165) is 11.0 Å². The fourth-order valence-corrected chi connectivity index (χ4v) is 2.82. The minimum Gasteiger partial charge on any atom is -0.478 e. The summed E-state index contributed by atoms with van der Waals surface area (Å²) in [6.07, 6.45) is 0. The Morgan fingerprint density at radius 1 is 1.29 bits per heavy atom. The lowest BCUT2D eigenvalue weighted by molar-refractivity contribution is 0.0696. The zero-order chi connectivity index (χ0) is 14.8. The number of nitrogens with zero attached hydrogens (tertiary/aromatic N) is 1. The Bertz CT molecular complexity index is 783. The highest BCUT2D eigenvalue weighted by Crippen LogP contribution is 2.24. The van der Waals surface area contributed by atoms with Crippen LogP contribution >= 0.6 is 11.8 Å². The molecule has 1 aromatic heterocycles. The summed E-state index contributed by atoms with van der Waals surface area (Å²) in [6, 6.07) is 11.4. The van der Waals surface area contributed by atoms with Crippen LogP contribution in [0.15, 0.2) is 47.6 Å². The number of fused-ring (bicyclic) bond motifs is 1. The van der Waals surface area contributed by atoms with E-state index in [1.54, 1.807) is 0 Å². The second-order valence-corrected chi connectivity index (χ2v) is 5.42. The van der Waals surface area contributed by atoms with Crippen molar-refractivity contribution < 1.29 is 14.3 Å². The molecule has 1 heterocycles. The van der Waals surface area contributed by atoms with Crippen molar-refractivity contribution in [2.75, 3.05) is 0 Å². The van der Waals surface area contributed by atoms with Crippen LogP contribution in [0.1, 0.15) is 15.9 Å². The smallest absolute Gasteiger partial charge is 0.335 e. The van der Waals surface area contributed by atoms with Gasteiger partial charge in [-0.1, -0.05) is 23.9 Å². The van der Waals surface area contributed by atoms with Gasteiger partial charge in [-0.25, -0.2) is 14.2 Å². The van der Waals surface area contributed by atoms with Crippen LogP contribution in [-0.2, 0) is 5.75 Å². The first-order chi connectivity index (χ1) is 10.1. The maximum atomic E-state index is 13.7. The largest absolute Gasteiger partial charge is 0.478 e. The topological polar surface area (TPSA) is 66.0 Å². The molecule has 0 unspecified atom stereocenters. The number of thioether (sulfide) groups is 1. The van der Waals surface area contributed by atoms with Crippen molar-refractivity contribution in [2.24, 2.45) is 0 Å². The number of para-hydroxylation sites is 2. The number of imidazole rings is 1. The molecule has 106 valence electrons. The van der Waals surface area contributed by atoms with Gasteiger partial charge in [0.2, 0.25) is 0 Å². The third kappa shape index (κ3) is 2.90. The van der Waals surface area contributed by atoms with E-state index < -0.39 is 11.8 Å². The van der Waals surface area contributed by atoms with Crippen molar-refractivity contribution in [1.29, 1.82) is 0 Å². The number of benzene rings is 2. The van der Waals surface area contributed by atoms with Gasteiger partial charge in [0.25, 0.3) is 0 Å². The van der Waals surface area contributed by atoms with Gasteiger partial charge in [-0.3, -0.25) is 0 Å². The molecular weight excluding hydrogens is 291 g/mol. The molecule has 0 aliphatic heterocycles. The number of H-pyrrole nitrogens is 1. The van der Waals surface area contributed by atoms with Gasteiger partial charge in [-0.2, -0.15) is 0 Å². The van der Waals surface area contributed by atoms with E-state index in [1.807, 2.05) is 24.3 Å².